The van der Waals surface area contributed by atoms with Gasteiger partial charge in [0, 0.05) is 11.1 Å². The maximum atomic E-state index is 13.3. The minimum Gasteiger partial charge on any atom is -0.253 e. The fourth-order valence-corrected chi connectivity index (χ4v) is 1.89. The third-order valence-electron chi connectivity index (χ3n) is 2.45. The first-order valence-electron chi connectivity index (χ1n) is 4.87. The van der Waals surface area contributed by atoms with E-state index in [1.165, 1.54) is 6.07 Å². The lowest BCUT2D eigenvalue weighted by atomic mass is 10.1. The van der Waals surface area contributed by atoms with Crippen LogP contribution < -0.4 is 0 Å². The van der Waals surface area contributed by atoms with E-state index in [0.29, 0.717) is 0 Å². The molecule has 0 aliphatic heterocycles. The molecule has 0 bridgehead atoms. The third kappa shape index (κ3) is 1.82. The summed E-state index contributed by atoms with van der Waals surface area (Å²) in [5, 5.41) is 0.979. The molecule has 15 heavy (non-hydrogen) atoms. The second kappa shape index (κ2) is 3.78. The molecule has 0 aliphatic carbocycles. The van der Waals surface area contributed by atoms with Gasteiger partial charge in [0.2, 0.25) is 0 Å². The van der Waals surface area contributed by atoms with Crippen LogP contribution in [0.25, 0.3) is 10.9 Å². The third-order valence-corrected chi connectivity index (χ3v) is 2.74. The van der Waals surface area contributed by atoms with Crippen molar-refractivity contribution in [3.8, 4) is 0 Å². The van der Waals surface area contributed by atoms with Gasteiger partial charge in [-0.05, 0) is 37.1 Å². The molecule has 0 atom stereocenters. The molecule has 2 rings (SSSR count). The molecule has 2 aromatic rings. The molecule has 0 N–H and O–H groups in total. The van der Waals surface area contributed by atoms with Gasteiger partial charge in [0.15, 0.2) is 0 Å². The summed E-state index contributed by atoms with van der Waals surface area (Å²) in [7, 11) is 0. The van der Waals surface area contributed by atoms with Crippen LogP contribution in [0, 0.1) is 12.7 Å². The smallest absolute Gasteiger partial charge is 0.142 e. The number of fused-ring (bicyclic) bond motifs is 1. The average Bonchev–Trinajstić information content (AvgIpc) is 2.19. The molecule has 0 saturated carbocycles. The summed E-state index contributed by atoms with van der Waals surface area (Å²) < 4.78 is 13.3. The first kappa shape index (κ1) is 10.4. The van der Waals surface area contributed by atoms with E-state index in [1.807, 2.05) is 19.9 Å². The van der Waals surface area contributed by atoms with Crippen molar-refractivity contribution in [2.45, 2.75) is 20.3 Å². The van der Waals surface area contributed by atoms with Gasteiger partial charge in [0.05, 0.1) is 10.5 Å². The van der Waals surface area contributed by atoms with Crippen molar-refractivity contribution in [3.05, 3.63) is 40.3 Å². The molecule has 1 aromatic heterocycles. The Morgan fingerprint density at radius 2 is 2.07 bits per heavy atom. The summed E-state index contributed by atoms with van der Waals surface area (Å²) in [6.45, 7) is 3.97. The number of aryl methyl sites for hydroxylation is 2. The van der Waals surface area contributed by atoms with E-state index >= 15 is 0 Å². The molecule has 0 saturated heterocycles. The van der Waals surface area contributed by atoms with Crippen molar-refractivity contribution in [2.24, 2.45) is 0 Å². The highest BCUT2D eigenvalue weighted by molar-refractivity contribution is 6.31. The van der Waals surface area contributed by atoms with Crippen LogP contribution in [-0.4, -0.2) is 4.98 Å². The van der Waals surface area contributed by atoms with Crippen LogP contribution in [0.5, 0.6) is 0 Å². The fraction of sp³-hybridized carbons (Fsp3) is 0.250. The Labute approximate surface area is 92.9 Å². The number of rotatable bonds is 1. The highest BCUT2D eigenvalue weighted by atomic mass is 35.5. The molecule has 0 spiro atoms. The largest absolute Gasteiger partial charge is 0.253 e. The minimum absolute atomic E-state index is 0.127. The molecule has 78 valence electrons. The van der Waals surface area contributed by atoms with Crippen LogP contribution in [-0.2, 0) is 6.42 Å². The first-order valence-corrected chi connectivity index (χ1v) is 5.25. The summed E-state index contributed by atoms with van der Waals surface area (Å²) in [5.41, 5.74) is 2.80. The van der Waals surface area contributed by atoms with Gasteiger partial charge >= 0.3 is 0 Å². The molecule has 1 nitrogen and oxygen atoms in total. The van der Waals surface area contributed by atoms with E-state index in [4.69, 9.17) is 11.6 Å². The Balaban J connectivity index is 2.84. The van der Waals surface area contributed by atoms with Gasteiger partial charge in [-0.2, -0.15) is 0 Å². The van der Waals surface area contributed by atoms with Crippen molar-refractivity contribution >= 4 is 22.5 Å². The second-order valence-electron chi connectivity index (χ2n) is 3.56. The predicted octanol–water partition coefficient (Wildman–Crippen LogP) is 3.90. The molecule has 0 aliphatic rings. The molecule has 3 heteroatoms. The number of nitrogens with zero attached hydrogens (tertiary/aromatic N) is 1. The Bertz CT molecular complexity index is 523. The van der Waals surface area contributed by atoms with Gasteiger partial charge < -0.3 is 0 Å². The van der Waals surface area contributed by atoms with Crippen LogP contribution in [0.2, 0.25) is 5.02 Å². The lowest BCUT2D eigenvalue weighted by Crippen LogP contribution is -1.92. The molecule has 1 aromatic carbocycles. The quantitative estimate of drug-likeness (QED) is 0.715. The van der Waals surface area contributed by atoms with Crippen LogP contribution in [0.4, 0.5) is 4.39 Å². The Morgan fingerprint density at radius 3 is 2.73 bits per heavy atom. The standard InChI is InChI=1S/C12H11ClFN/c1-3-8-4-7(2)15-12-6-10(13)11(14)5-9(8)12/h4-6H,3H2,1-2H3. The molecule has 0 radical (unpaired) electrons. The zero-order valence-corrected chi connectivity index (χ0v) is 9.40. The minimum atomic E-state index is -0.385. The lowest BCUT2D eigenvalue weighted by Gasteiger charge is -2.06. The van der Waals surface area contributed by atoms with Gasteiger partial charge in [-0.25, -0.2) is 4.39 Å². The maximum absolute atomic E-state index is 13.3. The van der Waals surface area contributed by atoms with Crippen molar-refractivity contribution in [2.75, 3.05) is 0 Å². The van der Waals surface area contributed by atoms with E-state index in [9.17, 15) is 4.39 Å². The summed E-state index contributed by atoms with van der Waals surface area (Å²) in [6, 6.07) is 5.02. The second-order valence-corrected chi connectivity index (χ2v) is 3.97. The van der Waals surface area contributed by atoms with E-state index in [0.717, 1.165) is 28.6 Å². The first-order chi connectivity index (χ1) is 7.11. The number of hydrogen-bond donors (Lipinski definition) is 0. The van der Waals surface area contributed by atoms with Gasteiger partial charge in [-0.3, -0.25) is 4.98 Å². The number of halogens is 2. The summed E-state index contributed by atoms with van der Waals surface area (Å²) in [4.78, 5) is 4.34. The van der Waals surface area contributed by atoms with Gasteiger partial charge in [-0.1, -0.05) is 18.5 Å². The zero-order valence-electron chi connectivity index (χ0n) is 8.64. The van der Waals surface area contributed by atoms with Crippen molar-refractivity contribution in [1.29, 1.82) is 0 Å². The Hall–Kier alpha value is -1.15. The highest BCUT2D eigenvalue weighted by Crippen LogP contribution is 2.25. The Kier molecular flexibility index (Phi) is 2.61. The van der Waals surface area contributed by atoms with Gasteiger partial charge in [0.25, 0.3) is 0 Å². The number of benzene rings is 1. The van der Waals surface area contributed by atoms with E-state index < -0.39 is 0 Å². The van der Waals surface area contributed by atoms with Crippen LogP contribution in [0.3, 0.4) is 0 Å². The van der Waals surface area contributed by atoms with Gasteiger partial charge in [0.1, 0.15) is 5.82 Å². The summed E-state index contributed by atoms with van der Waals surface area (Å²) >= 11 is 5.72. The molecule has 1 heterocycles. The zero-order chi connectivity index (χ0) is 11.0. The number of pyridine rings is 1. The summed E-state index contributed by atoms with van der Waals surface area (Å²) in [5.74, 6) is -0.385. The molecular weight excluding hydrogens is 213 g/mol. The predicted molar refractivity (Wildman–Crippen MR) is 60.8 cm³/mol. The van der Waals surface area contributed by atoms with E-state index in [1.54, 1.807) is 6.07 Å². The van der Waals surface area contributed by atoms with Gasteiger partial charge in [-0.15, -0.1) is 0 Å². The molecule has 0 amide bonds. The topological polar surface area (TPSA) is 12.9 Å². The average molecular weight is 224 g/mol. The Morgan fingerprint density at radius 1 is 1.33 bits per heavy atom. The lowest BCUT2D eigenvalue weighted by molar-refractivity contribution is 0.630. The van der Waals surface area contributed by atoms with Crippen molar-refractivity contribution < 1.29 is 4.39 Å². The van der Waals surface area contributed by atoms with Crippen LogP contribution in [0.15, 0.2) is 18.2 Å². The fourth-order valence-electron chi connectivity index (χ4n) is 1.73. The van der Waals surface area contributed by atoms with Crippen LogP contribution >= 0.6 is 11.6 Å². The summed E-state index contributed by atoms with van der Waals surface area (Å²) in [6.07, 6.45) is 0.862. The SMILES string of the molecule is CCc1cc(C)nc2cc(Cl)c(F)cc12. The van der Waals surface area contributed by atoms with Crippen molar-refractivity contribution in [1.82, 2.24) is 4.98 Å². The van der Waals surface area contributed by atoms with Crippen molar-refractivity contribution in [3.63, 3.8) is 0 Å². The van der Waals surface area contributed by atoms with E-state index in [2.05, 4.69) is 4.98 Å². The van der Waals surface area contributed by atoms with Crippen LogP contribution in [0.1, 0.15) is 18.2 Å². The molecule has 0 unspecified atom stereocenters. The molecule has 0 fully saturated rings. The molecular formula is C12H11ClFN. The number of hydrogen-bond acceptors (Lipinski definition) is 1. The van der Waals surface area contributed by atoms with E-state index in [-0.39, 0.29) is 10.8 Å². The maximum Gasteiger partial charge on any atom is 0.142 e. The highest BCUT2D eigenvalue weighted by Gasteiger charge is 2.07. The monoisotopic (exact) mass is 223 g/mol. The number of aromatic nitrogens is 1. The normalized spacial score (nSPS) is 10.9.